The van der Waals surface area contributed by atoms with Crippen molar-refractivity contribution >= 4 is 58.2 Å². The number of hydrogen-bond acceptors (Lipinski definition) is 2. The number of rotatable bonds is 2. The molecule has 6 heteroatoms. The second-order valence-electron chi connectivity index (χ2n) is 2.82. The monoisotopic (exact) mass is 289 g/mol. The van der Waals surface area contributed by atoms with Crippen molar-refractivity contribution in [2.24, 2.45) is 0 Å². The summed E-state index contributed by atoms with van der Waals surface area (Å²) < 4.78 is 0. The number of pyridine rings is 1. The molecule has 0 aliphatic carbocycles. The molecule has 0 aliphatic heterocycles. The van der Waals surface area contributed by atoms with Crippen molar-refractivity contribution in [1.29, 1.82) is 0 Å². The van der Waals surface area contributed by atoms with Crippen LogP contribution in [0.3, 0.4) is 0 Å². The minimum atomic E-state index is 0.184. The normalized spacial score (nSPS) is 11.1. The van der Waals surface area contributed by atoms with Gasteiger partial charge in [-0.15, -0.1) is 11.8 Å². The Labute approximate surface area is 107 Å². The van der Waals surface area contributed by atoms with Crippen molar-refractivity contribution in [2.45, 2.75) is 24.0 Å². The third-order valence-electron chi connectivity index (χ3n) is 1.31. The van der Waals surface area contributed by atoms with Gasteiger partial charge in [-0.25, -0.2) is 4.98 Å². The fourth-order valence-electron chi connectivity index (χ4n) is 0.807. The van der Waals surface area contributed by atoms with Crippen molar-refractivity contribution in [3.63, 3.8) is 0 Å². The van der Waals surface area contributed by atoms with E-state index in [4.69, 9.17) is 46.4 Å². The van der Waals surface area contributed by atoms with E-state index in [1.165, 1.54) is 11.8 Å². The molecule has 0 saturated carbocycles. The summed E-state index contributed by atoms with van der Waals surface area (Å²) in [6.45, 7) is 4.05. The Kier molecular flexibility index (Phi) is 4.66. The molecule has 0 bridgehead atoms. The number of nitrogens with zero attached hydrogens (tertiary/aromatic N) is 1. The first-order valence-corrected chi connectivity index (χ1v) is 6.19. The maximum Gasteiger partial charge on any atom is 0.150 e. The maximum absolute atomic E-state index is 5.96. The molecule has 1 nitrogen and oxygen atoms in total. The standard InChI is InChI=1S/C8H7Cl4NS/c1-3(2)14-6-4(9)7(11)13-8(12)5(6)10/h3H,1-2H3. The summed E-state index contributed by atoms with van der Waals surface area (Å²) in [6, 6.07) is 0. The Morgan fingerprint density at radius 1 is 1.00 bits per heavy atom. The maximum atomic E-state index is 5.96. The van der Waals surface area contributed by atoms with Crippen molar-refractivity contribution in [3.8, 4) is 0 Å². The van der Waals surface area contributed by atoms with E-state index in [0.29, 0.717) is 20.2 Å². The number of thioether (sulfide) groups is 1. The molecule has 0 saturated heterocycles. The molecule has 78 valence electrons. The van der Waals surface area contributed by atoms with Crippen LogP contribution in [0.2, 0.25) is 20.4 Å². The molecule has 0 N–H and O–H groups in total. The molecular formula is C8H7Cl4NS. The molecule has 0 radical (unpaired) electrons. The zero-order valence-electron chi connectivity index (χ0n) is 7.44. The van der Waals surface area contributed by atoms with Gasteiger partial charge in [0.2, 0.25) is 0 Å². The molecule has 0 aliphatic rings. The SMILES string of the molecule is CC(C)Sc1c(Cl)c(Cl)nc(Cl)c1Cl. The van der Waals surface area contributed by atoms with E-state index in [0.717, 1.165) is 0 Å². The van der Waals surface area contributed by atoms with Crippen LogP contribution in [0.25, 0.3) is 0 Å². The molecule has 14 heavy (non-hydrogen) atoms. The first kappa shape index (κ1) is 12.7. The van der Waals surface area contributed by atoms with Crippen LogP contribution in [0, 0.1) is 0 Å². The quantitative estimate of drug-likeness (QED) is 0.549. The first-order chi connectivity index (χ1) is 6.43. The zero-order valence-corrected chi connectivity index (χ0v) is 11.3. The summed E-state index contributed by atoms with van der Waals surface area (Å²) in [5.41, 5.74) is 0. The summed E-state index contributed by atoms with van der Waals surface area (Å²) in [5, 5.41) is 1.44. The lowest BCUT2D eigenvalue weighted by atomic mass is 10.5. The molecule has 1 aromatic heterocycles. The third-order valence-corrected chi connectivity index (χ3v) is 4.13. The lowest BCUT2D eigenvalue weighted by Crippen LogP contribution is -1.91. The highest BCUT2D eigenvalue weighted by atomic mass is 35.5. The first-order valence-electron chi connectivity index (χ1n) is 3.80. The van der Waals surface area contributed by atoms with E-state index in [1.54, 1.807) is 0 Å². The molecule has 1 rings (SSSR count). The molecule has 0 aromatic carbocycles. The molecule has 0 spiro atoms. The van der Waals surface area contributed by atoms with Gasteiger partial charge < -0.3 is 0 Å². The Morgan fingerprint density at radius 3 is 1.79 bits per heavy atom. The fourth-order valence-corrected chi connectivity index (χ4v) is 2.78. The van der Waals surface area contributed by atoms with Crippen LogP contribution >= 0.6 is 58.2 Å². The molecule has 0 amide bonds. The van der Waals surface area contributed by atoms with Crippen LogP contribution in [0.15, 0.2) is 4.90 Å². The van der Waals surface area contributed by atoms with Crippen LogP contribution in [-0.2, 0) is 0 Å². The number of halogens is 4. The Balaban J connectivity index is 3.25. The van der Waals surface area contributed by atoms with Gasteiger partial charge in [0.05, 0.1) is 14.9 Å². The predicted molar refractivity (Wildman–Crippen MR) is 65.3 cm³/mol. The van der Waals surface area contributed by atoms with Gasteiger partial charge in [0.25, 0.3) is 0 Å². The highest BCUT2D eigenvalue weighted by molar-refractivity contribution is 8.00. The van der Waals surface area contributed by atoms with E-state index in [1.807, 2.05) is 13.8 Å². The van der Waals surface area contributed by atoms with Crippen molar-refractivity contribution in [2.75, 3.05) is 0 Å². The van der Waals surface area contributed by atoms with Gasteiger partial charge in [-0.2, -0.15) is 0 Å². The average molecular weight is 291 g/mol. The smallest absolute Gasteiger partial charge is 0.150 e. The van der Waals surface area contributed by atoms with E-state index < -0.39 is 0 Å². The van der Waals surface area contributed by atoms with E-state index in [-0.39, 0.29) is 10.3 Å². The van der Waals surface area contributed by atoms with Crippen molar-refractivity contribution < 1.29 is 0 Å². The lowest BCUT2D eigenvalue weighted by molar-refractivity contribution is 1.11. The van der Waals surface area contributed by atoms with E-state index in [2.05, 4.69) is 4.98 Å². The molecule has 1 heterocycles. The number of hydrogen-bond donors (Lipinski definition) is 0. The molecule has 0 fully saturated rings. The highest BCUT2D eigenvalue weighted by Gasteiger charge is 2.16. The van der Waals surface area contributed by atoms with Crippen LogP contribution in [0.1, 0.15) is 13.8 Å². The molecule has 0 unspecified atom stereocenters. The Hall–Kier alpha value is 0.660. The van der Waals surface area contributed by atoms with Crippen LogP contribution < -0.4 is 0 Å². The summed E-state index contributed by atoms with van der Waals surface area (Å²) in [7, 11) is 0. The van der Waals surface area contributed by atoms with Gasteiger partial charge in [-0.3, -0.25) is 0 Å². The predicted octanol–water partition coefficient (Wildman–Crippen LogP) is 5.20. The van der Waals surface area contributed by atoms with E-state index in [9.17, 15) is 0 Å². The lowest BCUT2D eigenvalue weighted by Gasteiger charge is -2.10. The van der Waals surface area contributed by atoms with Gasteiger partial charge in [-0.1, -0.05) is 60.3 Å². The van der Waals surface area contributed by atoms with Gasteiger partial charge >= 0.3 is 0 Å². The minimum absolute atomic E-state index is 0.184. The fraction of sp³-hybridized carbons (Fsp3) is 0.375. The van der Waals surface area contributed by atoms with Gasteiger partial charge in [0.15, 0.2) is 10.3 Å². The van der Waals surface area contributed by atoms with Crippen molar-refractivity contribution in [1.82, 2.24) is 4.98 Å². The van der Waals surface area contributed by atoms with Crippen LogP contribution in [0.4, 0.5) is 0 Å². The minimum Gasteiger partial charge on any atom is -0.221 e. The Bertz CT molecular complexity index is 327. The zero-order chi connectivity index (χ0) is 10.9. The average Bonchev–Trinajstić information content (AvgIpc) is 2.09. The summed E-state index contributed by atoms with van der Waals surface area (Å²) in [5.74, 6) is 0. The largest absolute Gasteiger partial charge is 0.221 e. The third kappa shape index (κ3) is 2.83. The van der Waals surface area contributed by atoms with Crippen LogP contribution in [0.5, 0.6) is 0 Å². The Morgan fingerprint density at radius 2 is 1.43 bits per heavy atom. The highest BCUT2D eigenvalue weighted by Crippen LogP contribution is 2.42. The van der Waals surface area contributed by atoms with E-state index >= 15 is 0 Å². The molecular weight excluding hydrogens is 284 g/mol. The second kappa shape index (κ2) is 5.13. The topological polar surface area (TPSA) is 12.9 Å². The van der Waals surface area contributed by atoms with Gasteiger partial charge in [0.1, 0.15) is 0 Å². The molecule has 0 atom stereocenters. The summed E-state index contributed by atoms with van der Waals surface area (Å²) in [4.78, 5) is 4.48. The van der Waals surface area contributed by atoms with Crippen molar-refractivity contribution in [3.05, 3.63) is 20.4 Å². The van der Waals surface area contributed by atoms with Gasteiger partial charge in [-0.05, 0) is 0 Å². The van der Waals surface area contributed by atoms with Crippen LogP contribution in [-0.4, -0.2) is 10.2 Å². The molecule has 1 aromatic rings. The summed E-state index contributed by atoms with van der Waals surface area (Å²) >= 11 is 25.0. The summed E-state index contributed by atoms with van der Waals surface area (Å²) in [6.07, 6.45) is 0. The second-order valence-corrected chi connectivity index (χ2v) is 5.88. The van der Waals surface area contributed by atoms with Gasteiger partial charge in [0, 0.05) is 5.25 Å². The number of aromatic nitrogens is 1.